The fraction of sp³-hybridized carbons (Fsp3) is 0.0526. The minimum absolute atomic E-state index is 0.0544. The maximum atomic E-state index is 12.6. The largest absolute Gasteiger partial charge is 0.490 e. The summed E-state index contributed by atoms with van der Waals surface area (Å²) < 4.78 is 10.6. The number of nitro groups is 1. The fourth-order valence-electron chi connectivity index (χ4n) is 2.41. The van der Waals surface area contributed by atoms with Crippen LogP contribution in [0.25, 0.3) is 0 Å². The second-order valence-corrected chi connectivity index (χ2v) is 6.48. The summed E-state index contributed by atoms with van der Waals surface area (Å²) in [5.74, 6) is -0.126. The predicted octanol–water partition coefficient (Wildman–Crippen LogP) is 5.35. The van der Waals surface area contributed by atoms with E-state index in [0.29, 0.717) is 10.7 Å². The molecule has 8 nitrogen and oxygen atoms in total. The Hall–Kier alpha value is -3.36. The third-order valence-corrected chi connectivity index (χ3v) is 4.23. The average molecular weight is 434 g/mol. The molecular weight excluding hydrogens is 421 g/mol. The van der Waals surface area contributed by atoms with Gasteiger partial charge in [-0.1, -0.05) is 35.3 Å². The Bertz CT molecular complexity index is 1090. The van der Waals surface area contributed by atoms with Crippen molar-refractivity contribution in [2.45, 2.75) is 0 Å². The zero-order chi connectivity index (χ0) is 21.0. The number of benzene rings is 2. The van der Waals surface area contributed by atoms with Gasteiger partial charge in [-0.2, -0.15) is 0 Å². The van der Waals surface area contributed by atoms with Crippen LogP contribution >= 0.6 is 23.2 Å². The zero-order valence-corrected chi connectivity index (χ0v) is 16.4. The number of nitro benzene ring substituents is 1. The minimum atomic E-state index is -0.624. The molecule has 0 aliphatic heterocycles. The number of anilines is 1. The van der Waals surface area contributed by atoms with Gasteiger partial charge in [-0.25, -0.2) is 4.98 Å². The molecule has 29 heavy (non-hydrogen) atoms. The molecule has 3 aromatic rings. The summed E-state index contributed by atoms with van der Waals surface area (Å²) in [6.45, 7) is 0. The Balaban J connectivity index is 1.86. The van der Waals surface area contributed by atoms with Crippen molar-refractivity contribution in [2.75, 3.05) is 12.4 Å². The molecule has 148 valence electrons. The Morgan fingerprint density at radius 3 is 2.59 bits per heavy atom. The number of halogens is 2. The summed E-state index contributed by atoms with van der Waals surface area (Å²) in [7, 11) is 1.31. The Kier molecular flexibility index (Phi) is 6.16. The highest BCUT2D eigenvalue weighted by Gasteiger charge is 2.19. The second kappa shape index (κ2) is 8.76. The van der Waals surface area contributed by atoms with Gasteiger partial charge in [0.25, 0.3) is 5.91 Å². The summed E-state index contributed by atoms with van der Waals surface area (Å²) in [5.41, 5.74) is 0.0839. The number of carbonyl (C=O) groups excluding carboxylic acids is 1. The fourth-order valence-corrected chi connectivity index (χ4v) is 2.83. The van der Waals surface area contributed by atoms with Crippen molar-refractivity contribution in [1.29, 1.82) is 0 Å². The van der Waals surface area contributed by atoms with Gasteiger partial charge >= 0.3 is 5.69 Å². The van der Waals surface area contributed by atoms with Gasteiger partial charge in [0, 0.05) is 17.8 Å². The number of carbonyl (C=O) groups is 1. The average Bonchev–Trinajstić information content (AvgIpc) is 2.70. The van der Waals surface area contributed by atoms with Crippen LogP contribution in [0, 0.1) is 10.1 Å². The normalized spacial score (nSPS) is 10.3. The lowest BCUT2D eigenvalue weighted by molar-refractivity contribution is -0.385. The molecule has 0 radical (unpaired) electrons. The second-order valence-electron chi connectivity index (χ2n) is 5.64. The van der Waals surface area contributed by atoms with Crippen LogP contribution in [0.15, 0.2) is 54.7 Å². The van der Waals surface area contributed by atoms with Gasteiger partial charge in [-0.05, 0) is 30.3 Å². The molecule has 0 bridgehead atoms. The number of rotatable bonds is 6. The van der Waals surface area contributed by atoms with Gasteiger partial charge in [0.1, 0.15) is 5.02 Å². The summed E-state index contributed by atoms with van der Waals surface area (Å²) >= 11 is 11.9. The summed E-state index contributed by atoms with van der Waals surface area (Å²) in [6, 6.07) is 12.0. The molecule has 0 saturated carbocycles. The van der Waals surface area contributed by atoms with E-state index in [4.69, 9.17) is 32.7 Å². The molecule has 0 spiro atoms. The third kappa shape index (κ3) is 4.74. The summed E-state index contributed by atoms with van der Waals surface area (Å²) in [5, 5.41) is 14.4. The van der Waals surface area contributed by atoms with Crippen molar-refractivity contribution in [3.05, 3.63) is 80.5 Å². The highest BCUT2D eigenvalue weighted by atomic mass is 35.5. The molecule has 2 aromatic carbocycles. The van der Waals surface area contributed by atoms with Crippen LogP contribution in [-0.4, -0.2) is 22.9 Å². The number of pyridine rings is 1. The van der Waals surface area contributed by atoms with Crippen LogP contribution in [-0.2, 0) is 0 Å². The summed E-state index contributed by atoms with van der Waals surface area (Å²) in [4.78, 5) is 27.2. The molecule has 0 aliphatic carbocycles. The van der Waals surface area contributed by atoms with Crippen LogP contribution < -0.4 is 14.8 Å². The van der Waals surface area contributed by atoms with E-state index in [1.807, 2.05) is 0 Å². The Morgan fingerprint density at radius 2 is 1.90 bits per heavy atom. The molecule has 0 atom stereocenters. The van der Waals surface area contributed by atoms with Gasteiger partial charge < -0.3 is 14.8 Å². The lowest BCUT2D eigenvalue weighted by Gasteiger charge is -2.12. The van der Waals surface area contributed by atoms with E-state index < -0.39 is 10.8 Å². The quantitative estimate of drug-likeness (QED) is 0.414. The molecular formula is C19H13Cl2N3O5. The molecule has 0 aliphatic rings. The van der Waals surface area contributed by atoms with Gasteiger partial charge in [0.15, 0.2) is 11.5 Å². The predicted molar refractivity (Wildman–Crippen MR) is 108 cm³/mol. The first-order valence-electron chi connectivity index (χ1n) is 8.10. The molecule has 1 amide bonds. The molecule has 0 unspecified atom stereocenters. The number of hydrogen-bond acceptors (Lipinski definition) is 6. The molecule has 3 rings (SSSR count). The zero-order valence-electron chi connectivity index (χ0n) is 14.9. The highest BCUT2D eigenvalue weighted by Crippen LogP contribution is 2.34. The first kappa shape index (κ1) is 20.4. The number of para-hydroxylation sites is 2. The highest BCUT2D eigenvalue weighted by molar-refractivity contribution is 6.35. The third-order valence-electron chi connectivity index (χ3n) is 3.75. The van der Waals surface area contributed by atoms with Crippen molar-refractivity contribution in [2.24, 2.45) is 0 Å². The van der Waals surface area contributed by atoms with Crippen LogP contribution in [0.5, 0.6) is 17.4 Å². The standard InChI is InChI=1S/C19H13Cl2N3O5/c1-28-17-7-6-11(8-15(17)24(26)27)18(25)23-14-4-2-3-5-16(14)29-19-13(21)9-12(20)10-22-19/h2-10H,1H3,(H,23,25). The van der Waals surface area contributed by atoms with Crippen molar-refractivity contribution in [3.8, 4) is 17.4 Å². The number of nitrogens with one attached hydrogen (secondary N) is 1. The van der Waals surface area contributed by atoms with Crippen LogP contribution in [0.3, 0.4) is 0 Å². The lowest BCUT2D eigenvalue weighted by atomic mass is 10.1. The van der Waals surface area contributed by atoms with Crippen molar-refractivity contribution in [1.82, 2.24) is 4.98 Å². The summed E-state index contributed by atoms with van der Waals surface area (Å²) in [6.07, 6.45) is 1.38. The maximum absolute atomic E-state index is 12.6. The molecule has 1 aromatic heterocycles. The minimum Gasteiger partial charge on any atom is -0.490 e. The molecule has 0 saturated heterocycles. The molecule has 1 heterocycles. The van der Waals surface area contributed by atoms with Crippen molar-refractivity contribution >= 4 is 40.5 Å². The molecule has 10 heteroatoms. The van der Waals surface area contributed by atoms with E-state index in [1.165, 1.54) is 31.5 Å². The number of aromatic nitrogens is 1. The smallest absolute Gasteiger partial charge is 0.311 e. The SMILES string of the molecule is COc1ccc(C(=O)Nc2ccccc2Oc2ncc(Cl)cc2Cl)cc1[N+](=O)[O-]. The van der Waals surface area contributed by atoms with Crippen LogP contribution in [0.2, 0.25) is 10.0 Å². The van der Waals surface area contributed by atoms with Crippen molar-refractivity contribution in [3.63, 3.8) is 0 Å². The van der Waals surface area contributed by atoms with Gasteiger partial charge in [0.2, 0.25) is 5.88 Å². The molecule has 0 fully saturated rings. The van der Waals surface area contributed by atoms with E-state index in [2.05, 4.69) is 10.3 Å². The van der Waals surface area contributed by atoms with E-state index >= 15 is 0 Å². The number of nitrogens with zero attached hydrogens (tertiary/aromatic N) is 2. The topological polar surface area (TPSA) is 104 Å². The van der Waals surface area contributed by atoms with E-state index in [1.54, 1.807) is 24.3 Å². The molecule has 1 N–H and O–H groups in total. The van der Waals surface area contributed by atoms with Crippen LogP contribution in [0.4, 0.5) is 11.4 Å². The van der Waals surface area contributed by atoms with E-state index in [0.717, 1.165) is 6.07 Å². The number of hydrogen-bond donors (Lipinski definition) is 1. The first-order chi connectivity index (χ1) is 13.9. The van der Waals surface area contributed by atoms with E-state index in [9.17, 15) is 14.9 Å². The first-order valence-corrected chi connectivity index (χ1v) is 8.86. The Morgan fingerprint density at radius 1 is 1.14 bits per heavy atom. The number of methoxy groups -OCH3 is 1. The van der Waals surface area contributed by atoms with Crippen molar-refractivity contribution < 1.29 is 19.2 Å². The lowest BCUT2D eigenvalue weighted by Crippen LogP contribution is -2.13. The Labute approximate surface area is 175 Å². The van der Waals surface area contributed by atoms with Gasteiger partial charge in [0.05, 0.1) is 22.7 Å². The number of ether oxygens (including phenoxy) is 2. The van der Waals surface area contributed by atoms with Crippen LogP contribution in [0.1, 0.15) is 10.4 Å². The van der Waals surface area contributed by atoms with E-state index in [-0.39, 0.29) is 33.7 Å². The number of amides is 1. The van der Waals surface area contributed by atoms with Gasteiger partial charge in [-0.3, -0.25) is 14.9 Å². The maximum Gasteiger partial charge on any atom is 0.311 e. The van der Waals surface area contributed by atoms with Gasteiger partial charge in [-0.15, -0.1) is 0 Å². The monoisotopic (exact) mass is 433 g/mol.